The molecule has 0 amide bonds. The number of pyridine rings is 1. The standard InChI is InChI=1S/C17H18N4/c1-2-21-16(20-15-6-4-10-19-17(15)21)13-7-8-14-12(11-13)5-3-9-18-14/h4,6-8,10-11,18H,2-3,5,9H2,1H3. The van der Waals surface area contributed by atoms with Crippen LogP contribution < -0.4 is 5.32 Å². The van der Waals surface area contributed by atoms with Gasteiger partial charge in [-0.3, -0.25) is 0 Å². The average Bonchev–Trinajstić information content (AvgIpc) is 2.93. The van der Waals surface area contributed by atoms with E-state index in [1.165, 1.54) is 23.2 Å². The fourth-order valence-corrected chi connectivity index (χ4v) is 3.09. The van der Waals surface area contributed by atoms with E-state index in [2.05, 4.69) is 40.0 Å². The highest BCUT2D eigenvalue weighted by atomic mass is 15.1. The number of hydrogen-bond acceptors (Lipinski definition) is 3. The lowest BCUT2D eigenvalue weighted by Crippen LogP contribution is -2.11. The van der Waals surface area contributed by atoms with E-state index < -0.39 is 0 Å². The molecule has 106 valence electrons. The van der Waals surface area contributed by atoms with Crippen LogP contribution in [0, 0.1) is 0 Å². The first kappa shape index (κ1) is 12.4. The highest BCUT2D eigenvalue weighted by molar-refractivity contribution is 5.78. The molecule has 1 aromatic carbocycles. The normalized spacial score (nSPS) is 14.0. The summed E-state index contributed by atoms with van der Waals surface area (Å²) < 4.78 is 2.19. The summed E-state index contributed by atoms with van der Waals surface area (Å²) in [5, 5.41) is 3.46. The largest absolute Gasteiger partial charge is 0.385 e. The molecule has 3 aromatic rings. The lowest BCUT2D eigenvalue weighted by Gasteiger charge is -2.18. The van der Waals surface area contributed by atoms with Crippen molar-refractivity contribution in [2.75, 3.05) is 11.9 Å². The van der Waals surface area contributed by atoms with E-state index in [0.717, 1.165) is 36.5 Å². The SMILES string of the molecule is CCn1c(-c2ccc3c(c2)CCCN3)nc2cccnc21. The lowest BCUT2D eigenvalue weighted by molar-refractivity contribution is 0.786. The van der Waals surface area contributed by atoms with Gasteiger partial charge in [0, 0.05) is 30.5 Å². The fourth-order valence-electron chi connectivity index (χ4n) is 3.09. The Morgan fingerprint density at radius 3 is 3.14 bits per heavy atom. The van der Waals surface area contributed by atoms with Crippen molar-refractivity contribution in [3.05, 3.63) is 42.1 Å². The van der Waals surface area contributed by atoms with Crippen LogP contribution in [0.5, 0.6) is 0 Å². The maximum atomic E-state index is 4.78. The molecule has 0 saturated heterocycles. The summed E-state index contributed by atoms with van der Waals surface area (Å²) in [4.78, 5) is 9.26. The Morgan fingerprint density at radius 2 is 2.24 bits per heavy atom. The van der Waals surface area contributed by atoms with Crippen LogP contribution in [0.1, 0.15) is 18.9 Å². The zero-order valence-electron chi connectivity index (χ0n) is 12.1. The van der Waals surface area contributed by atoms with Gasteiger partial charge in [-0.05, 0) is 55.7 Å². The van der Waals surface area contributed by atoms with Crippen LogP contribution in [-0.2, 0) is 13.0 Å². The smallest absolute Gasteiger partial charge is 0.160 e. The van der Waals surface area contributed by atoms with Crippen LogP contribution >= 0.6 is 0 Å². The van der Waals surface area contributed by atoms with Gasteiger partial charge in [-0.25, -0.2) is 9.97 Å². The van der Waals surface area contributed by atoms with E-state index in [1.54, 1.807) is 0 Å². The minimum Gasteiger partial charge on any atom is -0.385 e. The minimum absolute atomic E-state index is 0.873. The van der Waals surface area contributed by atoms with Gasteiger partial charge in [0.25, 0.3) is 0 Å². The number of anilines is 1. The predicted octanol–water partition coefficient (Wildman–Crippen LogP) is 3.48. The first-order valence-electron chi connectivity index (χ1n) is 7.55. The molecule has 4 heteroatoms. The fraction of sp³-hybridized carbons (Fsp3) is 0.294. The number of imidazole rings is 1. The molecule has 0 saturated carbocycles. The van der Waals surface area contributed by atoms with Crippen molar-refractivity contribution >= 4 is 16.9 Å². The number of nitrogens with one attached hydrogen (secondary N) is 1. The van der Waals surface area contributed by atoms with Gasteiger partial charge in [0.2, 0.25) is 0 Å². The quantitative estimate of drug-likeness (QED) is 0.780. The maximum absolute atomic E-state index is 4.78. The first-order valence-corrected chi connectivity index (χ1v) is 7.55. The van der Waals surface area contributed by atoms with Crippen LogP contribution in [0.25, 0.3) is 22.6 Å². The first-order chi connectivity index (χ1) is 10.4. The van der Waals surface area contributed by atoms with E-state index in [4.69, 9.17) is 4.98 Å². The van der Waals surface area contributed by atoms with Crippen molar-refractivity contribution in [2.24, 2.45) is 0 Å². The molecule has 21 heavy (non-hydrogen) atoms. The lowest BCUT2D eigenvalue weighted by atomic mass is 10.0. The third-order valence-corrected chi connectivity index (χ3v) is 4.12. The molecule has 3 heterocycles. The zero-order chi connectivity index (χ0) is 14.2. The van der Waals surface area contributed by atoms with Crippen molar-refractivity contribution in [3.8, 4) is 11.4 Å². The van der Waals surface area contributed by atoms with E-state index in [-0.39, 0.29) is 0 Å². The molecule has 0 radical (unpaired) electrons. The Labute approximate surface area is 123 Å². The molecule has 0 unspecified atom stereocenters. The van der Waals surface area contributed by atoms with Gasteiger partial charge in [-0.1, -0.05) is 0 Å². The summed E-state index contributed by atoms with van der Waals surface area (Å²) >= 11 is 0. The highest BCUT2D eigenvalue weighted by Gasteiger charge is 2.15. The Hall–Kier alpha value is -2.36. The van der Waals surface area contributed by atoms with Crippen molar-refractivity contribution < 1.29 is 0 Å². The van der Waals surface area contributed by atoms with Gasteiger partial charge in [0.05, 0.1) is 0 Å². The molecule has 0 fully saturated rings. The third-order valence-electron chi connectivity index (χ3n) is 4.12. The molecular weight excluding hydrogens is 260 g/mol. The van der Waals surface area contributed by atoms with Crippen molar-refractivity contribution in [1.82, 2.24) is 14.5 Å². The Morgan fingerprint density at radius 1 is 1.29 bits per heavy atom. The highest BCUT2D eigenvalue weighted by Crippen LogP contribution is 2.29. The number of rotatable bonds is 2. The number of aryl methyl sites for hydroxylation is 2. The molecule has 4 rings (SSSR count). The summed E-state index contributed by atoms with van der Waals surface area (Å²) in [7, 11) is 0. The van der Waals surface area contributed by atoms with Gasteiger partial charge in [0.1, 0.15) is 11.3 Å². The van der Waals surface area contributed by atoms with Gasteiger partial charge in [0.15, 0.2) is 5.65 Å². The van der Waals surface area contributed by atoms with Crippen molar-refractivity contribution in [1.29, 1.82) is 0 Å². The topological polar surface area (TPSA) is 42.7 Å². The van der Waals surface area contributed by atoms with Crippen LogP contribution in [0.3, 0.4) is 0 Å². The Balaban J connectivity index is 1.89. The van der Waals surface area contributed by atoms with Gasteiger partial charge in [-0.15, -0.1) is 0 Å². The minimum atomic E-state index is 0.873. The van der Waals surface area contributed by atoms with Crippen molar-refractivity contribution in [3.63, 3.8) is 0 Å². The summed E-state index contributed by atoms with van der Waals surface area (Å²) in [6.07, 6.45) is 4.17. The average molecular weight is 278 g/mol. The molecule has 0 aliphatic carbocycles. The molecule has 0 atom stereocenters. The Kier molecular flexibility index (Phi) is 2.88. The summed E-state index contributed by atoms with van der Waals surface area (Å²) in [6.45, 7) is 4.08. The summed E-state index contributed by atoms with van der Waals surface area (Å²) in [6, 6.07) is 10.6. The zero-order valence-corrected chi connectivity index (χ0v) is 12.1. The maximum Gasteiger partial charge on any atom is 0.160 e. The van der Waals surface area contributed by atoms with Gasteiger partial charge >= 0.3 is 0 Å². The summed E-state index contributed by atoms with van der Waals surface area (Å²) in [5.74, 6) is 1.01. The second-order valence-electron chi connectivity index (χ2n) is 5.43. The van der Waals surface area contributed by atoms with Gasteiger partial charge in [-0.2, -0.15) is 0 Å². The van der Waals surface area contributed by atoms with E-state index in [1.807, 2.05) is 18.3 Å². The third kappa shape index (κ3) is 1.98. The molecule has 2 aromatic heterocycles. The number of nitrogens with zero attached hydrogens (tertiary/aromatic N) is 3. The van der Waals surface area contributed by atoms with E-state index in [9.17, 15) is 0 Å². The second kappa shape index (κ2) is 4.88. The molecule has 4 nitrogen and oxygen atoms in total. The monoisotopic (exact) mass is 278 g/mol. The predicted molar refractivity (Wildman–Crippen MR) is 85.4 cm³/mol. The van der Waals surface area contributed by atoms with Gasteiger partial charge < -0.3 is 9.88 Å². The number of fused-ring (bicyclic) bond motifs is 2. The molecule has 1 aliphatic rings. The molecule has 0 spiro atoms. The van der Waals surface area contributed by atoms with Crippen molar-refractivity contribution in [2.45, 2.75) is 26.3 Å². The second-order valence-corrected chi connectivity index (χ2v) is 5.43. The summed E-state index contributed by atoms with van der Waals surface area (Å²) in [5.41, 5.74) is 5.76. The van der Waals surface area contributed by atoms with Crippen LogP contribution in [-0.4, -0.2) is 21.1 Å². The number of benzene rings is 1. The molecule has 0 bridgehead atoms. The number of aromatic nitrogens is 3. The van der Waals surface area contributed by atoms with E-state index >= 15 is 0 Å². The number of hydrogen-bond donors (Lipinski definition) is 1. The molecular formula is C17H18N4. The van der Waals surface area contributed by atoms with E-state index in [0.29, 0.717) is 0 Å². The molecule has 1 N–H and O–H groups in total. The van der Waals surface area contributed by atoms with Crippen LogP contribution in [0.4, 0.5) is 5.69 Å². The van der Waals surface area contributed by atoms with Crippen LogP contribution in [0.15, 0.2) is 36.5 Å². The van der Waals surface area contributed by atoms with Crippen LogP contribution in [0.2, 0.25) is 0 Å². The molecule has 1 aliphatic heterocycles. The Bertz CT molecular complexity index is 804.